The number of hydrogen-bond acceptors (Lipinski definition) is 3. The SMILES string of the molecule is Cc1cccc2c1C(C(C)CO)=CS2(=O)=O. The Morgan fingerprint density at radius 1 is 1.38 bits per heavy atom. The van der Waals surface area contributed by atoms with Crippen molar-refractivity contribution in [2.75, 3.05) is 6.61 Å². The van der Waals surface area contributed by atoms with Gasteiger partial charge in [0.25, 0.3) is 0 Å². The second-order valence-electron chi connectivity index (χ2n) is 4.15. The maximum atomic E-state index is 11.9. The normalized spacial score (nSPS) is 19.1. The van der Waals surface area contributed by atoms with Crippen LogP contribution < -0.4 is 0 Å². The highest BCUT2D eigenvalue weighted by atomic mass is 32.2. The number of sulfone groups is 1. The van der Waals surface area contributed by atoms with Crippen molar-refractivity contribution >= 4 is 15.4 Å². The van der Waals surface area contributed by atoms with Crippen LogP contribution in [-0.4, -0.2) is 20.1 Å². The van der Waals surface area contributed by atoms with Crippen molar-refractivity contribution in [2.24, 2.45) is 5.92 Å². The van der Waals surface area contributed by atoms with Gasteiger partial charge in [-0.2, -0.15) is 0 Å². The molecule has 0 saturated carbocycles. The lowest BCUT2D eigenvalue weighted by molar-refractivity contribution is 0.266. The first-order valence-corrected chi connectivity index (χ1v) is 6.69. The molecule has 1 aliphatic rings. The molecular formula is C12H14O3S. The minimum absolute atomic E-state index is 0.0465. The zero-order chi connectivity index (χ0) is 11.9. The van der Waals surface area contributed by atoms with Gasteiger partial charge in [-0.05, 0) is 24.1 Å². The molecule has 0 bridgehead atoms. The van der Waals surface area contributed by atoms with E-state index >= 15 is 0 Å². The Balaban J connectivity index is 2.72. The number of aliphatic hydroxyl groups is 1. The molecule has 0 saturated heterocycles. The largest absolute Gasteiger partial charge is 0.396 e. The molecule has 86 valence electrons. The molecule has 1 unspecified atom stereocenters. The zero-order valence-electron chi connectivity index (χ0n) is 9.27. The molecule has 0 aromatic heterocycles. The van der Waals surface area contributed by atoms with Gasteiger partial charge in [0.05, 0.1) is 4.90 Å². The van der Waals surface area contributed by atoms with E-state index in [1.54, 1.807) is 12.1 Å². The monoisotopic (exact) mass is 238 g/mol. The van der Waals surface area contributed by atoms with E-state index in [1.165, 1.54) is 5.41 Å². The smallest absolute Gasteiger partial charge is 0.200 e. The highest BCUT2D eigenvalue weighted by Crippen LogP contribution is 2.39. The van der Waals surface area contributed by atoms with Crippen LogP contribution in [0.1, 0.15) is 18.1 Å². The van der Waals surface area contributed by atoms with Gasteiger partial charge in [0.15, 0.2) is 0 Å². The third-order valence-corrected chi connectivity index (χ3v) is 4.43. The first-order valence-electron chi connectivity index (χ1n) is 5.15. The minimum Gasteiger partial charge on any atom is -0.396 e. The van der Waals surface area contributed by atoms with E-state index in [0.717, 1.165) is 16.7 Å². The van der Waals surface area contributed by atoms with E-state index in [1.807, 2.05) is 19.9 Å². The number of rotatable bonds is 2. The molecule has 0 radical (unpaired) electrons. The minimum atomic E-state index is -3.31. The standard InChI is InChI=1S/C12H14O3S/c1-8-4-3-5-11-12(8)10(9(2)6-13)7-16(11,14)15/h3-5,7,9,13H,6H2,1-2H3. The van der Waals surface area contributed by atoms with Crippen molar-refractivity contribution in [1.82, 2.24) is 0 Å². The Morgan fingerprint density at radius 3 is 2.69 bits per heavy atom. The third-order valence-electron chi connectivity index (χ3n) is 2.92. The first-order chi connectivity index (χ1) is 7.47. The molecular weight excluding hydrogens is 224 g/mol. The molecule has 0 amide bonds. The molecule has 1 atom stereocenters. The fraction of sp³-hybridized carbons (Fsp3) is 0.333. The van der Waals surface area contributed by atoms with E-state index in [9.17, 15) is 8.42 Å². The van der Waals surface area contributed by atoms with Crippen LogP contribution in [0.2, 0.25) is 0 Å². The van der Waals surface area contributed by atoms with Crippen molar-refractivity contribution in [3.63, 3.8) is 0 Å². The molecule has 1 N–H and O–H groups in total. The topological polar surface area (TPSA) is 54.4 Å². The molecule has 1 aromatic carbocycles. The summed E-state index contributed by atoms with van der Waals surface area (Å²) in [6.07, 6.45) is 0. The van der Waals surface area contributed by atoms with Gasteiger partial charge >= 0.3 is 0 Å². The molecule has 2 rings (SSSR count). The number of aliphatic hydroxyl groups excluding tert-OH is 1. The lowest BCUT2D eigenvalue weighted by Crippen LogP contribution is -2.03. The molecule has 16 heavy (non-hydrogen) atoms. The average molecular weight is 238 g/mol. The maximum absolute atomic E-state index is 11.9. The number of fused-ring (bicyclic) bond motifs is 1. The summed E-state index contributed by atoms with van der Waals surface area (Å²) in [5.74, 6) is -0.155. The van der Waals surface area contributed by atoms with Crippen LogP contribution in [0.3, 0.4) is 0 Å². The average Bonchev–Trinajstić information content (AvgIpc) is 2.52. The van der Waals surface area contributed by atoms with Gasteiger partial charge in [-0.25, -0.2) is 8.42 Å². The molecule has 3 nitrogen and oxygen atoms in total. The van der Waals surface area contributed by atoms with Gasteiger partial charge in [0.2, 0.25) is 9.84 Å². The predicted octanol–water partition coefficient (Wildman–Crippen LogP) is 1.75. The van der Waals surface area contributed by atoms with Crippen molar-refractivity contribution in [3.05, 3.63) is 34.7 Å². The summed E-state index contributed by atoms with van der Waals surface area (Å²) in [5.41, 5.74) is 2.42. The Hall–Kier alpha value is -1.13. The highest BCUT2D eigenvalue weighted by molar-refractivity contribution is 7.95. The summed E-state index contributed by atoms with van der Waals surface area (Å²) in [7, 11) is -3.31. The quantitative estimate of drug-likeness (QED) is 0.854. The zero-order valence-corrected chi connectivity index (χ0v) is 10.1. The van der Waals surface area contributed by atoms with Gasteiger partial charge in [0, 0.05) is 23.5 Å². The van der Waals surface area contributed by atoms with E-state index in [2.05, 4.69) is 0 Å². The lowest BCUT2D eigenvalue weighted by Gasteiger charge is -2.12. The second kappa shape index (κ2) is 3.71. The summed E-state index contributed by atoms with van der Waals surface area (Å²) < 4.78 is 23.8. The van der Waals surface area contributed by atoms with Crippen molar-refractivity contribution in [1.29, 1.82) is 0 Å². The van der Waals surface area contributed by atoms with Crippen molar-refractivity contribution < 1.29 is 13.5 Å². The molecule has 4 heteroatoms. The third kappa shape index (κ3) is 1.58. The van der Waals surface area contributed by atoms with Crippen LogP contribution in [0.25, 0.3) is 5.57 Å². The molecule has 0 fully saturated rings. The second-order valence-corrected chi connectivity index (χ2v) is 5.92. The van der Waals surface area contributed by atoms with Crippen LogP contribution in [0, 0.1) is 12.8 Å². The van der Waals surface area contributed by atoms with Gasteiger partial charge in [-0.15, -0.1) is 0 Å². The summed E-state index contributed by atoms with van der Waals surface area (Å²) in [6, 6.07) is 5.25. The lowest BCUT2D eigenvalue weighted by atomic mass is 9.93. The summed E-state index contributed by atoms with van der Waals surface area (Å²) >= 11 is 0. The molecule has 1 aliphatic heterocycles. The van der Waals surface area contributed by atoms with Crippen LogP contribution in [-0.2, 0) is 9.84 Å². The van der Waals surface area contributed by atoms with Crippen LogP contribution in [0.15, 0.2) is 28.5 Å². The Labute approximate surface area is 95.3 Å². The number of hydrogen-bond donors (Lipinski definition) is 1. The number of aryl methyl sites for hydroxylation is 1. The Morgan fingerprint density at radius 2 is 2.06 bits per heavy atom. The molecule has 1 heterocycles. The highest BCUT2D eigenvalue weighted by Gasteiger charge is 2.30. The Bertz CT molecular complexity index is 556. The fourth-order valence-electron chi connectivity index (χ4n) is 2.00. The van der Waals surface area contributed by atoms with Crippen LogP contribution in [0.5, 0.6) is 0 Å². The van der Waals surface area contributed by atoms with Crippen LogP contribution in [0.4, 0.5) is 0 Å². The fourth-order valence-corrected chi connectivity index (χ4v) is 3.64. The Kier molecular flexibility index (Phi) is 2.64. The van der Waals surface area contributed by atoms with Gasteiger partial charge in [0.1, 0.15) is 0 Å². The van der Waals surface area contributed by atoms with E-state index < -0.39 is 9.84 Å². The van der Waals surface area contributed by atoms with Crippen LogP contribution >= 0.6 is 0 Å². The summed E-state index contributed by atoms with van der Waals surface area (Å²) in [4.78, 5) is 0.364. The number of benzene rings is 1. The molecule has 0 aliphatic carbocycles. The van der Waals surface area contributed by atoms with Crippen molar-refractivity contribution in [2.45, 2.75) is 18.7 Å². The predicted molar refractivity (Wildman–Crippen MR) is 62.6 cm³/mol. The van der Waals surface area contributed by atoms with E-state index in [4.69, 9.17) is 5.11 Å². The van der Waals surface area contributed by atoms with Gasteiger partial charge in [-0.3, -0.25) is 0 Å². The maximum Gasteiger partial charge on any atom is 0.200 e. The van der Waals surface area contributed by atoms with Crippen molar-refractivity contribution in [3.8, 4) is 0 Å². The van der Waals surface area contributed by atoms with Gasteiger partial charge in [-0.1, -0.05) is 19.1 Å². The summed E-state index contributed by atoms with van der Waals surface area (Å²) in [6.45, 7) is 3.66. The summed E-state index contributed by atoms with van der Waals surface area (Å²) in [5, 5.41) is 10.4. The van der Waals surface area contributed by atoms with E-state index in [0.29, 0.717) is 4.90 Å². The molecule has 1 aromatic rings. The first kappa shape index (κ1) is 11.4. The molecule has 0 spiro atoms. The van der Waals surface area contributed by atoms with E-state index in [-0.39, 0.29) is 12.5 Å². The van der Waals surface area contributed by atoms with Gasteiger partial charge < -0.3 is 5.11 Å².